The van der Waals surface area contributed by atoms with Crippen molar-refractivity contribution in [2.45, 2.75) is 57.3 Å². The van der Waals surface area contributed by atoms with Crippen LogP contribution in [-0.4, -0.2) is 45.7 Å². The molecule has 5 aromatic carbocycles. The molecule has 7 heteroatoms. The molecule has 0 aliphatic carbocycles. The lowest BCUT2D eigenvalue weighted by Gasteiger charge is -2.46. The molecule has 1 aliphatic heterocycles. The molecular formula is C43H47NO5Si. The molecule has 0 saturated heterocycles. The zero-order valence-corrected chi connectivity index (χ0v) is 30.5. The summed E-state index contributed by atoms with van der Waals surface area (Å²) in [7, 11) is -1.48. The smallest absolute Gasteiger partial charge is 0.306 e. The molecule has 0 aromatic heterocycles. The average Bonchev–Trinajstić information content (AvgIpc) is 3.62. The van der Waals surface area contributed by atoms with Gasteiger partial charge in [-0.2, -0.15) is 0 Å². The summed E-state index contributed by atoms with van der Waals surface area (Å²) in [6.07, 6.45) is 0.172. The molecule has 5 aromatic rings. The molecular weight excluding hydrogens is 639 g/mol. The summed E-state index contributed by atoms with van der Waals surface area (Å²) in [6.45, 7) is 8.76. The van der Waals surface area contributed by atoms with Crippen LogP contribution in [0.1, 0.15) is 49.8 Å². The van der Waals surface area contributed by atoms with Gasteiger partial charge in [-0.15, -0.1) is 0 Å². The SMILES string of the molecule is COC(=O)C[C@H](c1ccc2c(c1)OCO2)[C@H](CO[Si](c1ccccc1)(c1ccccc1)C(C)(C)C)N(Cc1ccccc1)Cc1ccccc1. The minimum absolute atomic E-state index is 0.172. The lowest BCUT2D eigenvalue weighted by Crippen LogP contribution is -2.67. The third kappa shape index (κ3) is 7.86. The Bertz CT molecular complexity index is 1730. The van der Waals surface area contributed by atoms with Gasteiger partial charge in [0.15, 0.2) is 11.5 Å². The minimum atomic E-state index is -2.94. The van der Waals surface area contributed by atoms with Crippen molar-refractivity contribution in [2.75, 3.05) is 20.5 Å². The van der Waals surface area contributed by atoms with Crippen molar-refractivity contribution in [1.82, 2.24) is 4.90 Å². The number of hydrogen-bond donors (Lipinski definition) is 0. The maximum absolute atomic E-state index is 13.3. The largest absolute Gasteiger partial charge is 0.469 e. The van der Waals surface area contributed by atoms with Crippen LogP contribution < -0.4 is 19.8 Å². The number of hydrogen-bond acceptors (Lipinski definition) is 6. The van der Waals surface area contributed by atoms with E-state index in [-0.39, 0.29) is 36.2 Å². The predicted molar refractivity (Wildman–Crippen MR) is 201 cm³/mol. The summed E-state index contributed by atoms with van der Waals surface area (Å²) in [4.78, 5) is 15.8. The van der Waals surface area contributed by atoms with E-state index in [4.69, 9.17) is 18.6 Å². The molecule has 0 bridgehead atoms. The summed E-state index contributed by atoms with van der Waals surface area (Å²) in [6, 6.07) is 48.2. The molecule has 0 spiro atoms. The molecule has 0 radical (unpaired) electrons. The number of carbonyl (C=O) groups excluding carboxylic acids is 1. The Labute approximate surface area is 297 Å². The van der Waals surface area contributed by atoms with Gasteiger partial charge in [0.2, 0.25) is 6.79 Å². The number of carbonyl (C=O) groups is 1. The van der Waals surface area contributed by atoms with Crippen LogP contribution in [-0.2, 0) is 27.0 Å². The Hall–Kier alpha value is -4.69. The standard InChI is InChI=1S/C43H47NO5Si/c1-43(2,3)50(36-21-13-7-14-22-36,37-23-15-8-16-24-37)49-31-39(38(28-42(45)46-4)35-25-26-40-41(27-35)48-32-47-40)44(29-33-17-9-5-10-18-33)30-34-19-11-6-12-20-34/h5-27,38-39H,28-32H2,1-4H3/t38-,39+/m1/s1. The van der Waals surface area contributed by atoms with E-state index in [1.165, 1.54) is 28.6 Å². The van der Waals surface area contributed by atoms with Gasteiger partial charge in [0.1, 0.15) is 0 Å². The first kappa shape index (κ1) is 35.1. The van der Waals surface area contributed by atoms with E-state index in [1.807, 2.05) is 24.3 Å². The van der Waals surface area contributed by atoms with Crippen LogP contribution in [0.2, 0.25) is 5.04 Å². The van der Waals surface area contributed by atoms with Gasteiger partial charge < -0.3 is 18.6 Å². The first-order valence-electron chi connectivity index (χ1n) is 17.3. The maximum Gasteiger partial charge on any atom is 0.306 e. The highest BCUT2D eigenvalue weighted by Crippen LogP contribution is 2.41. The van der Waals surface area contributed by atoms with Crippen LogP contribution in [0.3, 0.4) is 0 Å². The molecule has 0 amide bonds. The van der Waals surface area contributed by atoms with Gasteiger partial charge in [0.25, 0.3) is 8.32 Å². The second-order valence-corrected chi connectivity index (χ2v) is 18.2. The number of benzene rings is 5. The molecule has 258 valence electrons. The lowest BCUT2D eigenvalue weighted by atomic mass is 9.87. The summed E-state index contributed by atoms with van der Waals surface area (Å²) in [5.74, 6) is 0.822. The van der Waals surface area contributed by atoms with Crippen molar-refractivity contribution in [3.05, 3.63) is 156 Å². The molecule has 0 unspecified atom stereocenters. The monoisotopic (exact) mass is 685 g/mol. The van der Waals surface area contributed by atoms with Gasteiger partial charge in [-0.05, 0) is 44.2 Å². The number of ether oxygens (including phenoxy) is 3. The van der Waals surface area contributed by atoms with Gasteiger partial charge in [0, 0.05) is 25.0 Å². The van der Waals surface area contributed by atoms with Crippen LogP contribution in [0.25, 0.3) is 0 Å². The molecule has 0 saturated carbocycles. The van der Waals surface area contributed by atoms with Gasteiger partial charge in [-0.1, -0.05) is 148 Å². The van der Waals surface area contributed by atoms with Crippen molar-refractivity contribution >= 4 is 24.7 Å². The quantitative estimate of drug-likeness (QED) is 0.0882. The molecule has 1 heterocycles. The van der Waals surface area contributed by atoms with Gasteiger partial charge in [-0.25, -0.2) is 0 Å². The van der Waals surface area contributed by atoms with E-state index in [0.717, 1.165) is 5.56 Å². The fourth-order valence-electron chi connectivity index (χ4n) is 7.26. The van der Waals surface area contributed by atoms with Crippen LogP contribution in [0.5, 0.6) is 11.5 Å². The summed E-state index contributed by atoms with van der Waals surface area (Å²) < 4.78 is 24.6. The second kappa shape index (κ2) is 15.9. The number of nitrogens with zero attached hydrogens (tertiary/aromatic N) is 1. The maximum atomic E-state index is 13.3. The number of rotatable bonds is 14. The van der Waals surface area contributed by atoms with Crippen molar-refractivity contribution in [3.8, 4) is 11.5 Å². The highest BCUT2D eigenvalue weighted by atomic mass is 28.4. The molecule has 50 heavy (non-hydrogen) atoms. The Morgan fingerprint density at radius 3 is 1.72 bits per heavy atom. The van der Waals surface area contributed by atoms with E-state index in [2.05, 4.69) is 141 Å². The first-order chi connectivity index (χ1) is 24.3. The fourth-order valence-corrected chi connectivity index (χ4v) is 11.8. The topological polar surface area (TPSA) is 57.2 Å². The van der Waals surface area contributed by atoms with Crippen LogP contribution >= 0.6 is 0 Å². The third-order valence-electron chi connectivity index (χ3n) is 9.72. The Morgan fingerprint density at radius 2 is 1.22 bits per heavy atom. The van der Waals surface area contributed by atoms with Gasteiger partial charge >= 0.3 is 5.97 Å². The normalized spacial score (nSPS) is 13.9. The van der Waals surface area contributed by atoms with E-state index in [0.29, 0.717) is 31.2 Å². The number of esters is 1. The molecule has 6 nitrogen and oxygen atoms in total. The van der Waals surface area contributed by atoms with E-state index < -0.39 is 8.32 Å². The van der Waals surface area contributed by atoms with Crippen LogP contribution in [0.15, 0.2) is 140 Å². The van der Waals surface area contributed by atoms with Crippen molar-refractivity contribution in [1.29, 1.82) is 0 Å². The molecule has 0 fully saturated rings. The molecule has 6 rings (SSSR count). The average molecular weight is 686 g/mol. The summed E-state index contributed by atoms with van der Waals surface area (Å²) in [5, 5.41) is 2.20. The molecule has 1 aliphatic rings. The molecule has 0 N–H and O–H groups in total. The third-order valence-corrected chi connectivity index (χ3v) is 14.7. The Morgan fingerprint density at radius 1 is 0.720 bits per heavy atom. The van der Waals surface area contributed by atoms with Crippen molar-refractivity contribution in [3.63, 3.8) is 0 Å². The van der Waals surface area contributed by atoms with E-state index in [9.17, 15) is 4.79 Å². The minimum Gasteiger partial charge on any atom is -0.469 e. The zero-order chi connectivity index (χ0) is 35.0. The lowest BCUT2D eigenvalue weighted by molar-refractivity contribution is -0.141. The molecule has 2 atom stereocenters. The van der Waals surface area contributed by atoms with Crippen molar-refractivity contribution < 1.29 is 23.4 Å². The van der Waals surface area contributed by atoms with Crippen LogP contribution in [0.4, 0.5) is 0 Å². The first-order valence-corrected chi connectivity index (χ1v) is 19.2. The predicted octanol–water partition coefficient (Wildman–Crippen LogP) is 7.71. The zero-order valence-electron chi connectivity index (χ0n) is 29.5. The number of methoxy groups -OCH3 is 1. The van der Waals surface area contributed by atoms with E-state index in [1.54, 1.807) is 0 Å². The Kier molecular flexibility index (Phi) is 11.2. The van der Waals surface area contributed by atoms with E-state index >= 15 is 0 Å². The fraction of sp³-hybridized carbons (Fsp3) is 0.279. The number of fused-ring (bicyclic) bond motifs is 1. The second-order valence-electron chi connectivity index (χ2n) is 13.9. The summed E-state index contributed by atoms with van der Waals surface area (Å²) >= 11 is 0. The van der Waals surface area contributed by atoms with Gasteiger partial charge in [-0.3, -0.25) is 9.69 Å². The van der Waals surface area contributed by atoms with Gasteiger partial charge in [0.05, 0.1) is 20.1 Å². The van der Waals surface area contributed by atoms with Crippen molar-refractivity contribution in [2.24, 2.45) is 0 Å². The van der Waals surface area contributed by atoms with Crippen LogP contribution in [0, 0.1) is 0 Å². The Balaban J connectivity index is 1.52. The highest BCUT2D eigenvalue weighted by molar-refractivity contribution is 6.99. The highest BCUT2D eigenvalue weighted by Gasteiger charge is 2.51. The summed E-state index contributed by atoms with van der Waals surface area (Å²) in [5.41, 5.74) is 3.34.